The summed E-state index contributed by atoms with van der Waals surface area (Å²) < 4.78 is 6.53. The third-order valence-corrected chi connectivity index (χ3v) is 4.84. The van der Waals surface area contributed by atoms with Gasteiger partial charge < -0.3 is 15.4 Å². The van der Waals surface area contributed by atoms with E-state index in [1.54, 1.807) is 12.3 Å². The minimum Gasteiger partial charge on any atom is -0.376 e. The Morgan fingerprint density at radius 1 is 1.38 bits per heavy atom. The summed E-state index contributed by atoms with van der Waals surface area (Å²) in [4.78, 5) is 16.6. The summed E-state index contributed by atoms with van der Waals surface area (Å²) >= 11 is 3.46. The Hall–Kier alpha value is -1.92. The molecule has 1 aromatic heterocycles. The number of halogens is 1. The number of anilines is 2. The van der Waals surface area contributed by atoms with Crippen LogP contribution < -0.4 is 10.6 Å². The summed E-state index contributed by atoms with van der Waals surface area (Å²) in [6, 6.07) is 9.30. The first-order chi connectivity index (χ1) is 11.6. The number of nitrogens with zero attached hydrogens (tertiary/aromatic N) is 1. The number of benzene rings is 1. The average molecular weight is 390 g/mol. The highest BCUT2D eigenvalue weighted by Gasteiger charge is 2.15. The van der Waals surface area contributed by atoms with Crippen LogP contribution in [-0.4, -0.2) is 30.1 Å². The summed E-state index contributed by atoms with van der Waals surface area (Å²) in [5.41, 5.74) is 2.39. The zero-order valence-electron chi connectivity index (χ0n) is 13.5. The van der Waals surface area contributed by atoms with Crippen molar-refractivity contribution in [1.29, 1.82) is 0 Å². The first-order valence-corrected chi connectivity index (χ1v) is 8.80. The number of aromatic nitrogens is 1. The van der Waals surface area contributed by atoms with Gasteiger partial charge >= 0.3 is 0 Å². The molecular formula is C18H20BrN3O2. The van der Waals surface area contributed by atoms with Crippen molar-refractivity contribution in [1.82, 2.24) is 4.98 Å². The van der Waals surface area contributed by atoms with Crippen molar-refractivity contribution in [3.8, 4) is 0 Å². The molecule has 2 heterocycles. The SMILES string of the molecule is Cc1ccc(NC(=O)c2ccc(NCC3CCCO3)nc2)cc1Br. The van der Waals surface area contributed by atoms with Gasteiger partial charge in [0, 0.05) is 29.5 Å². The van der Waals surface area contributed by atoms with Crippen LogP contribution in [0.15, 0.2) is 41.0 Å². The molecule has 0 radical (unpaired) electrons. The molecule has 1 unspecified atom stereocenters. The van der Waals surface area contributed by atoms with Gasteiger partial charge in [-0.15, -0.1) is 0 Å². The Labute approximate surface area is 149 Å². The lowest BCUT2D eigenvalue weighted by Crippen LogP contribution is -2.19. The Morgan fingerprint density at radius 2 is 2.25 bits per heavy atom. The molecule has 2 N–H and O–H groups in total. The van der Waals surface area contributed by atoms with Gasteiger partial charge in [0.15, 0.2) is 0 Å². The summed E-state index contributed by atoms with van der Waals surface area (Å²) in [6.45, 7) is 3.59. The first kappa shape index (κ1) is 16.9. The van der Waals surface area contributed by atoms with E-state index in [4.69, 9.17) is 4.74 Å². The number of nitrogens with one attached hydrogen (secondary N) is 2. The molecule has 0 aliphatic carbocycles. The molecule has 1 aromatic carbocycles. The van der Waals surface area contributed by atoms with Crippen LogP contribution in [0.1, 0.15) is 28.8 Å². The van der Waals surface area contributed by atoms with Crippen LogP contribution in [-0.2, 0) is 4.74 Å². The monoisotopic (exact) mass is 389 g/mol. The van der Waals surface area contributed by atoms with E-state index >= 15 is 0 Å². The molecule has 1 atom stereocenters. The van der Waals surface area contributed by atoms with Gasteiger partial charge in [-0.2, -0.15) is 0 Å². The largest absolute Gasteiger partial charge is 0.376 e. The molecule has 24 heavy (non-hydrogen) atoms. The normalized spacial score (nSPS) is 16.8. The Kier molecular flexibility index (Phi) is 5.48. The lowest BCUT2D eigenvalue weighted by Gasteiger charge is -2.11. The fourth-order valence-electron chi connectivity index (χ4n) is 2.53. The van der Waals surface area contributed by atoms with Crippen LogP contribution >= 0.6 is 15.9 Å². The second-order valence-corrected chi connectivity index (χ2v) is 6.72. The Bertz CT molecular complexity index is 713. The van der Waals surface area contributed by atoms with Gasteiger partial charge in [0.05, 0.1) is 11.7 Å². The van der Waals surface area contributed by atoms with Crippen LogP contribution in [0, 0.1) is 6.92 Å². The maximum Gasteiger partial charge on any atom is 0.257 e. The fourth-order valence-corrected chi connectivity index (χ4v) is 2.91. The van der Waals surface area contributed by atoms with Crippen molar-refractivity contribution in [2.75, 3.05) is 23.8 Å². The molecule has 5 nitrogen and oxygen atoms in total. The number of rotatable bonds is 5. The van der Waals surface area contributed by atoms with Gasteiger partial charge in [0.1, 0.15) is 5.82 Å². The number of carbonyl (C=O) groups excluding carboxylic acids is 1. The third kappa shape index (κ3) is 4.33. The third-order valence-electron chi connectivity index (χ3n) is 3.99. The van der Waals surface area contributed by atoms with Crippen LogP contribution in [0.3, 0.4) is 0 Å². The smallest absolute Gasteiger partial charge is 0.257 e. The number of hydrogen-bond donors (Lipinski definition) is 2. The highest BCUT2D eigenvalue weighted by Crippen LogP contribution is 2.21. The predicted molar refractivity (Wildman–Crippen MR) is 98.5 cm³/mol. The van der Waals surface area contributed by atoms with E-state index in [-0.39, 0.29) is 12.0 Å². The summed E-state index contributed by atoms with van der Waals surface area (Å²) in [7, 11) is 0. The minimum absolute atomic E-state index is 0.177. The zero-order valence-corrected chi connectivity index (χ0v) is 15.1. The number of aryl methyl sites for hydroxylation is 1. The quantitative estimate of drug-likeness (QED) is 0.810. The molecule has 126 valence electrons. The van der Waals surface area contributed by atoms with Crippen molar-refractivity contribution in [2.24, 2.45) is 0 Å². The van der Waals surface area contributed by atoms with Gasteiger partial charge in [-0.3, -0.25) is 4.79 Å². The molecule has 1 fully saturated rings. The maximum absolute atomic E-state index is 12.3. The van der Waals surface area contributed by atoms with Gasteiger partial charge in [0.25, 0.3) is 5.91 Å². The molecule has 2 aromatic rings. The van der Waals surface area contributed by atoms with E-state index in [1.165, 1.54) is 0 Å². The second kappa shape index (κ2) is 7.77. The first-order valence-electron chi connectivity index (χ1n) is 8.01. The van der Waals surface area contributed by atoms with E-state index in [0.717, 1.165) is 47.5 Å². The standard InChI is InChI=1S/C18H20BrN3O2/c1-12-4-6-14(9-16(12)19)22-18(23)13-5-7-17(20-10-13)21-11-15-3-2-8-24-15/h4-7,9-10,15H,2-3,8,11H2,1H3,(H,20,21)(H,22,23). The van der Waals surface area contributed by atoms with E-state index in [2.05, 4.69) is 31.5 Å². The topological polar surface area (TPSA) is 63.2 Å². The number of carbonyl (C=O) groups is 1. The summed E-state index contributed by atoms with van der Waals surface area (Å²) in [5.74, 6) is 0.573. The van der Waals surface area contributed by atoms with E-state index in [9.17, 15) is 4.79 Å². The molecule has 6 heteroatoms. The molecule has 0 saturated carbocycles. The minimum atomic E-state index is -0.177. The molecule has 1 aliphatic heterocycles. The van der Waals surface area contributed by atoms with Crippen LogP contribution in [0.25, 0.3) is 0 Å². The van der Waals surface area contributed by atoms with Crippen molar-refractivity contribution in [2.45, 2.75) is 25.9 Å². The molecule has 1 amide bonds. The van der Waals surface area contributed by atoms with Crippen LogP contribution in [0.4, 0.5) is 11.5 Å². The second-order valence-electron chi connectivity index (χ2n) is 5.87. The van der Waals surface area contributed by atoms with Gasteiger partial charge in [-0.25, -0.2) is 4.98 Å². The number of hydrogen-bond acceptors (Lipinski definition) is 4. The fraction of sp³-hybridized carbons (Fsp3) is 0.333. The number of amides is 1. The number of pyridine rings is 1. The lowest BCUT2D eigenvalue weighted by atomic mass is 10.2. The summed E-state index contributed by atoms with van der Waals surface area (Å²) in [6.07, 6.45) is 4.04. The van der Waals surface area contributed by atoms with E-state index in [0.29, 0.717) is 5.56 Å². The highest BCUT2D eigenvalue weighted by atomic mass is 79.9. The van der Waals surface area contributed by atoms with Gasteiger partial charge in [-0.05, 0) is 49.6 Å². The number of ether oxygens (including phenoxy) is 1. The molecule has 3 rings (SSSR count). The van der Waals surface area contributed by atoms with Crippen molar-refractivity contribution in [3.63, 3.8) is 0 Å². The van der Waals surface area contributed by atoms with Gasteiger partial charge in [-0.1, -0.05) is 22.0 Å². The molecule has 1 aliphatic rings. The predicted octanol–water partition coefficient (Wildman–Crippen LogP) is 4.00. The van der Waals surface area contributed by atoms with Crippen molar-refractivity contribution < 1.29 is 9.53 Å². The van der Waals surface area contributed by atoms with E-state index < -0.39 is 0 Å². The average Bonchev–Trinajstić information content (AvgIpc) is 3.10. The lowest BCUT2D eigenvalue weighted by molar-refractivity contribution is 0.102. The Balaban J connectivity index is 1.57. The summed E-state index contributed by atoms with van der Waals surface area (Å²) in [5, 5.41) is 6.12. The van der Waals surface area contributed by atoms with Crippen LogP contribution in [0.2, 0.25) is 0 Å². The van der Waals surface area contributed by atoms with Crippen molar-refractivity contribution in [3.05, 3.63) is 52.1 Å². The van der Waals surface area contributed by atoms with Crippen molar-refractivity contribution >= 4 is 33.3 Å². The molecule has 0 spiro atoms. The molecular weight excluding hydrogens is 370 g/mol. The van der Waals surface area contributed by atoms with E-state index in [1.807, 2.05) is 31.2 Å². The molecule has 1 saturated heterocycles. The molecule has 0 bridgehead atoms. The van der Waals surface area contributed by atoms with Gasteiger partial charge in [0.2, 0.25) is 0 Å². The zero-order chi connectivity index (χ0) is 16.9. The van der Waals surface area contributed by atoms with Crippen LogP contribution in [0.5, 0.6) is 0 Å². The highest BCUT2D eigenvalue weighted by molar-refractivity contribution is 9.10. The maximum atomic E-state index is 12.3. The Morgan fingerprint density at radius 3 is 2.92 bits per heavy atom.